The highest BCUT2D eigenvalue weighted by atomic mass is 32.2. The largest absolute Gasteiger partial charge is 0.0888 e. The van der Waals surface area contributed by atoms with Crippen molar-refractivity contribution in [3.05, 3.63) is 146 Å². The van der Waals surface area contributed by atoms with Gasteiger partial charge in [0, 0.05) is 15.2 Å². The zero-order valence-corrected chi connectivity index (χ0v) is 23.1. The van der Waals surface area contributed by atoms with E-state index in [2.05, 4.69) is 146 Å². The third-order valence-electron chi connectivity index (χ3n) is 8.63. The molecule has 0 nitrogen and oxygen atoms in total. The summed E-state index contributed by atoms with van der Waals surface area (Å²) in [6.45, 7) is 0. The number of hydrogen-bond donors (Lipinski definition) is 0. The van der Waals surface area contributed by atoms with Gasteiger partial charge >= 0.3 is 0 Å². The molecule has 0 atom stereocenters. The Morgan fingerprint density at radius 3 is 2.02 bits per heavy atom. The van der Waals surface area contributed by atoms with Crippen LogP contribution in [-0.2, 0) is 0 Å². The second-order valence-electron chi connectivity index (χ2n) is 10.9. The van der Waals surface area contributed by atoms with Gasteiger partial charge in [0.2, 0.25) is 0 Å². The number of fused-ring (bicyclic) bond motifs is 6. The van der Waals surface area contributed by atoms with E-state index in [-0.39, 0.29) is 0 Å². The molecule has 0 aliphatic carbocycles. The van der Waals surface area contributed by atoms with E-state index in [1.165, 1.54) is 86.3 Å². The molecule has 190 valence electrons. The molecule has 0 saturated carbocycles. The SMILES string of the molecule is c1cc(-c2ccc3c4c(cccc24)-c2ccccc2S3)cc(-c2c3ccccc3cc3c2ccc2ccccc23)c1. The van der Waals surface area contributed by atoms with E-state index in [0.29, 0.717) is 0 Å². The predicted molar refractivity (Wildman–Crippen MR) is 177 cm³/mol. The maximum atomic E-state index is 2.39. The van der Waals surface area contributed by atoms with E-state index < -0.39 is 0 Å². The third-order valence-corrected chi connectivity index (χ3v) is 9.77. The first kappa shape index (κ1) is 22.9. The molecule has 9 rings (SSSR count). The first-order valence-electron chi connectivity index (χ1n) is 14.1. The molecule has 0 bridgehead atoms. The molecule has 8 aromatic rings. The second kappa shape index (κ2) is 8.83. The Morgan fingerprint density at radius 1 is 0.341 bits per heavy atom. The predicted octanol–water partition coefficient (Wildman–Crippen LogP) is 11.8. The van der Waals surface area contributed by atoms with Crippen LogP contribution in [0.5, 0.6) is 0 Å². The fraction of sp³-hybridized carbons (Fsp3) is 0. The van der Waals surface area contributed by atoms with Crippen LogP contribution in [0.2, 0.25) is 0 Å². The molecule has 0 aromatic heterocycles. The topological polar surface area (TPSA) is 0 Å². The number of hydrogen-bond acceptors (Lipinski definition) is 1. The summed E-state index contributed by atoms with van der Waals surface area (Å²) >= 11 is 1.88. The Bertz CT molecular complexity index is 2340. The van der Waals surface area contributed by atoms with Gasteiger partial charge in [-0.2, -0.15) is 0 Å². The first-order valence-corrected chi connectivity index (χ1v) is 14.9. The van der Waals surface area contributed by atoms with Crippen LogP contribution in [0.4, 0.5) is 0 Å². The second-order valence-corrected chi connectivity index (χ2v) is 12.0. The maximum Gasteiger partial charge on any atom is 0.0207 e. The van der Waals surface area contributed by atoms with E-state index in [1.807, 2.05) is 11.8 Å². The molecule has 0 unspecified atom stereocenters. The summed E-state index contributed by atoms with van der Waals surface area (Å²) in [6, 6.07) is 53.8. The quantitative estimate of drug-likeness (QED) is 0.156. The normalized spacial score (nSPS) is 12.3. The lowest BCUT2D eigenvalue weighted by molar-refractivity contribution is 1.40. The molecule has 0 amide bonds. The summed E-state index contributed by atoms with van der Waals surface area (Å²) in [5.74, 6) is 0. The molecule has 8 aromatic carbocycles. The van der Waals surface area contributed by atoms with Crippen LogP contribution < -0.4 is 0 Å². The van der Waals surface area contributed by atoms with Gasteiger partial charge in [-0.3, -0.25) is 0 Å². The lowest BCUT2D eigenvalue weighted by Crippen LogP contribution is -1.94. The van der Waals surface area contributed by atoms with Crippen molar-refractivity contribution >= 4 is 54.9 Å². The van der Waals surface area contributed by atoms with Gasteiger partial charge in [-0.05, 0) is 95.3 Å². The monoisotopic (exact) mass is 536 g/mol. The van der Waals surface area contributed by atoms with E-state index in [4.69, 9.17) is 0 Å². The molecular weight excluding hydrogens is 513 g/mol. The van der Waals surface area contributed by atoms with Gasteiger partial charge in [0.1, 0.15) is 0 Å². The van der Waals surface area contributed by atoms with Crippen molar-refractivity contribution < 1.29 is 0 Å². The van der Waals surface area contributed by atoms with Crippen LogP contribution in [0.15, 0.2) is 155 Å². The van der Waals surface area contributed by atoms with Gasteiger partial charge in [0.25, 0.3) is 0 Å². The van der Waals surface area contributed by atoms with Crippen LogP contribution >= 0.6 is 11.8 Å². The Morgan fingerprint density at radius 2 is 1.07 bits per heavy atom. The smallest absolute Gasteiger partial charge is 0.0207 e. The molecule has 1 heteroatoms. The first-order chi connectivity index (χ1) is 20.3. The van der Waals surface area contributed by atoms with Gasteiger partial charge < -0.3 is 0 Å². The Kier molecular flexibility index (Phi) is 4.93. The minimum absolute atomic E-state index is 1.25. The van der Waals surface area contributed by atoms with Gasteiger partial charge in [-0.25, -0.2) is 0 Å². The summed E-state index contributed by atoms with van der Waals surface area (Å²) in [5, 5.41) is 10.4. The van der Waals surface area contributed by atoms with Crippen LogP contribution in [0.3, 0.4) is 0 Å². The molecule has 1 aliphatic heterocycles. The zero-order valence-electron chi connectivity index (χ0n) is 22.3. The fourth-order valence-corrected chi connectivity index (χ4v) is 7.94. The molecule has 0 spiro atoms. The van der Waals surface area contributed by atoms with Crippen LogP contribution in [-0.4, -0.2) is 0 Å². The average molecular weight is 537 g/mol. The lowest BCUT2D eigenvalue weighted by Gasteiger charge is -2.22. The van der Waals surface area contributed by atoms with Crippen molar-refractivity contribution in [2.75, 3.05) is 0 Å². The minimum Gasteiger partial charge on any atom is -0.0888 e. The van der Waals surface area contributed by atoms with Crippen molar-refractivity contribution in [1.29, 1.82) is 0 Å². The summed E-state index contributed by atoms with van der Waals surface area (Å²) in [6.07, 6.45) is 0. The average Bonchev–Trinajstić information content (AvgIpc) is 3.04. The highest BCUT2D eigenvalue weighted by Crippen LogP contribution is 2.50. The van der Waals surface area contributed by atoms with E-state index >= 15 is 0 Å². The zero-order chi connectivity index (χ0) is 26.9. The van der Waals surface area contributed by atoms with Crippen LogP contribution in [0, 0.1) is 0 Å². The third kappa shape index (κ3) is 3.43. The van der Waals surface area contributed by atoms with Crippen LogP contribution in [0.25, 0.3) is 76.5 Å². The summed E-state index contributed by atoms with van der Waals surface area (Å²) in [5.41, 5.74) is 7.74. The standard InChI is InChI=1S/C40H24S/c1-3-13-29-25(9-1)19-20-35-36(29)24-27-10-2-4-14-31(27)39(35)28-12-7-11-26(23-28)30-21-22-38-40-33(30)16-8-17-34(40)32-15-5-6-18-37(32)41-38/h1-24H. The van der Waals surface area contributed by atoms with Gasteiger partial charge in [0.15, 0.2) is 0 Å². The summed E-state index contributed by atoms with van der Waals surface area (Å²) < 4.78 is 0. The van der Waals surface area contributed by atoms with E-state index in [0.717, 1.165) is 0 Å². The van der Waals surface area contributed by atoms with E-state index in [1.54, 1.807) is 0 Å². The molecule has 0 fully saturated rings. The van der Waals surface area contributed by atoms with Crippen molar-refractivity contribution in [2.45, 2.75) is 9.79 Å². The van der Waals surface area contributed by atoms with Crippen molar-refractivity contribution in [3.8, 4) is 33.4 Å². The number of benzene rings is 8. The maximum absolute atomic E-state index is 2.39. The molecule has 1 aliphatic rings. The van der Waals surface area contributed by atoms with Crippen molar-refractivity contribution in [1.82, 2.24) is 0 Å². The summed E-state index contributed by atoms with van der Waals surface area (Å²) in [4.78, 5) is 2.67. The molecule has 41 heavy (non-hydrogen) atoms. The van der Waals surface area contributed by atoms with E-state index in [9.17, 15) is 0 Å². The molecular formula is C40H24S. The van der Waals surface area contributed by atoms with Gasteiger partial charge in [-0.15, -0.1) is 0 Å². The molecule has 1 heterocycles. The Hall–Kier alpha value is -4.85. The van der Waals surface area contributed by atoms with Crippen molar-refractivity contribution in [2.24, 2.45) is 0 Å². The van der Waals surface area contributed by atoms with Gasteiger partial charge in [-0.1, -0.05) is 133 Å². The molecule has 0 N–H and O–H groups in total. The highest BCUT2D eigenvalue weighted by Gasteiger charge is 2.20. The minimum atomic E-state index is 1.25. The van der Waals surface area contributed by atoms with Crippen LogP contribution in [0.1, 0.15) is 0 Å². The summed E-state index contributed by atoms with van der Waals surface area (Å²) in [7, 11) is 0. The lowest BCUT2D eigenvalue weighted by atomic mass is 9.88. The fourth-order valence-electron chi connectivity index (χ4n) is 6.81. The Balaban J connectivity index is 1.31. The Labute approximate surface area is 242 Å². The van der Waals surface area contributed by atoms with Gasteiger partial charge in [0.05, 0.1) is 0 Å². The van der Waals surface area contributed by atoms with Crippen molar-refractivity contribution in [3.63, 3.8) is 0 Å². The molecule has 0 saturated heterocycles. The molecule has 0 radical (unpaired) electrons. The number of rotatable bonds is 2. The highest BCUT2D eigenvalue weighted by molar-refractivity contribution is 7.99.